The minimum absolute atomic E-state index is 0.137. The van der Waals surface area contributed by atoms with Crippen LogP contribution >= 0.6 is 11.8 Å². The zero-order chi connectivity index (χ0) is 15.6. The Morgan fingerprint density at radius 1 is 1.05 bits per heavy atom. The van der Waals surface area contributed by atoms with Gasteiger partial charge in [0.2, 0.25) is 0 Å². The molecule has 22 heavy (non-hydrogen) atoms. The predicted octanol–water partition coefficient (Wildman–Crippen LogP) is 4.35. The van der Waals surface area contributed by atoms with E-state index >= 15 is 0 Å². The van der Waals surface area contributed by atoms with Crippen LogP contribution in [0.3, 0.4) is 0 Å². The van der Waals surface area contributed by atoms with Crippen LogP contribution in [0.4, 0.5) is 0 Å². The van der Waals surface area contributed by atoms with Gasteiger partial charge >= 0.3 is 0 Å². The van der Waals surface area contributed by atoms with Crippen LogP contribution in [-0.2, 0) is 4.79 Å². The summed E-state index contributed by atoms with van der Waals surface area (Å²) in [4.78, 5) is 13.5. The van der Waals surface area contributed by atoms with Gasteiger partial charge in [-0.3, -0.25) is 0 Å². The zero-order valence-electron chi connectivity index (χ0n) is 12.2. The summed E-state index contributed by atoms with van der Waals surface area (Å²) in [5.74, 6) is 2.03. The first-order valence-corrected chi connectivity index (χ1v) is 8.00. The summed E-state index contributed by atoms with van der Waals surface area (Å²) in [6.07, 6.45) is 3.27. The minimum atomic E-state index is 0.137. The Hall–Kier alpha value is -2.06. The number of allylic oxidation sites excluding steroid dienone is 3. The Labute approximate surface area is 135 Å². The van der Waals surface area contributed by atoms with Crippen LogP contribution in [0.1, 0.15) is 18.4 Å². The fourth-order valence-electron chi connectivity index (χ4n) is 2.00. The van der Waals surface area contributed by atoms with E-state index in [-0.39, 0.29) is 6.61 Å². The van der Waals surface area contributed by atoms with Crippen LogP contribution < -0.4 is 0 Å². The van der Waals surface area contributed by atoms with Gasteiger partial charge in [-0.25, -0.2) is 4.79 Å². The van der Waals surface area contributed by atoms with Crippen molar-refractivity contribution >= 4 is 23.3 Å². The average molecular weight is 310 g/mol. The lowest BCUT2D eigenvalue weighted by Crippen LogP contribution is -1.88. The van der Waals surface area contributed by atoms with Crippen molar-refractivity contribution in [3.05, 3.63) is 77.2 Å². The van der Waals surface area contributed by atoms with Gasteiger partial charge in [0.05, 0.1) is 5.57 Å². The molecule has 0 saturated carbocycles. The lowest BCUT2D eigenvalue weighted by molar-refractivity contribution is 0.289. The second-order valence-corrected chi connectivity index (χ2v) is 5.93. The van der Waals surface area contributed by atoms with Crippen molar-refractivity contribution in [1.29, 1.82) is 0 Å². The molecule has 0 unspecified atom stereocenters. The molecule has 0 amide bonds. The maximum atomic E-state index is 11.3. The van der Waals surface area contributed by atoms with Crippen molar-refractivity contribution in [3.63, 3.8) is 0 Å². The monoisotopic (exact) mass is 310 g/mol. The molecule has 1 N–H and O–H groups in total. The van der Waals surface area contributed by atoms with Crippen LogP contribution in [0.25, 0.3) is 5.57 Å². The number of hydrogen-bond acceptors (Lipinski definition) is 3. The van der Waals surface area contributed by atoms with Gasteiger partial charge in [-0.05, 0) is 41.5 Å². The number of aliphatic hydroxyl groups is 1. The molecule has 0 saturated heterocycles. The summed E-state index contributed by atoms with van der Waals surface area (Å²) < 4.78 is 0. The molecule has 3 heteroatoms. The second kappa shape index (κ2) is 9.06. The van der Waals surface area contributed by atoms with Crippen molar-refractivity contribution in [2.24, 2.45) is 0 Å². The smallest absolute Gasteiger partial charge is 0.133 e. The highest BCUT2D eigenvalue weighted by Gasteiger charge is 2.05. The molecule has 0 bridgehead atoms. The maximum Gasteiger partial charge on any atom is 0.133 e. The summed E-state index contributed by atoms with van der Waals surface area (Å²) in [6.45, 7) is 0.137. The van der Waals surface area contributed by atoms with Crippen molar-refractivity contribution in [2.75, 3.05) is 6.61 Å². The molecule has 0 spiro atoms. The fraction of sp³-hybridized carbons (Fsp3) is 0.158. The van der Waals surface area contributed by atoms with E-state index in [1.165, 1.54) is 0 Å². The van der Waals surface area contributed by atoms with Crippen LogP contribution in [0, 0.1) is 0 Å². The number of thioether (sulfide) groups is 1. The van der Waals surface area contributed by atoms with E-state index in [0.29, 0.717) is 12.0 Å². The number of aliphatic hydroxyl groups excluding tert-OH is 1. The lowest BCUT2D eigenvalue weighted by Gasteiger charge is -2.07. The van der Waals surface area contributed by atoms with Gasteiger partial charge in [0, 0.05) is 11.5 Å². The van der Waals surface area contributed by atoms with Gasteiger partial charge in [-0.1, -0.05) is 60.3 Å². The Morgan fingerprint density at radius 2 is 1.68 bits per heavy atom. The van der Waals surface area contributed by atoms with E-state index < -0.39 is 0 Å². The molecule has 0 aliphatic rings. The Balaban J connectivity index is 2.25. The van der Waals surface area contributed by atoms with E-state index in [9.17, 15) is 4.79 Å². The first-order valence-electron chi connectivity index (χ1n) is 7.18. The number of benzene rings is 2. The Bertz CT molecular complexity index is 656. The Morgan fingerprint density at radius 3 is 2.27 bits per heavy atom. The third-order valence-corrected chi connectivity index (χ3v) is 4.17. The lowest BCUT2D eigenvalue weighted by atomic mass is 10.1. The minimum Gasteiger partial charge on any atom is -0.396 e. The van der Waals surface area contributed by atoms with Crippen LogP contribution in [0.5, 0.6) is 0 Å². The van der Waals surface area contributed by atoms with Crippen LogP contribution in [0.15, 0.2) is 76.5 Å². The van der Waals surface area contributed by atoms with E-state index in [4.69, 9.17) is 5.11 Å². The topological polar surface area (TPSA) is 37.3 Å². The van der Waals surface area contributed by atoms with Crippen molar-refractivity contribution in [1.82, 2.24) is 0 Å². The van der Waals surface area contributed by atoms with Gasteiger partial charge in [-0.15, -0.1) is 0 Å². The summed E-state index contributed by atoms with van der Waals surface area (Å²) >= 11 is 1.62. The van der Waals surface area contributed by atoms with E-state index in [2.05, 4.69) is 0 Å². The fourth-order valence-corrected chi connectivity index (χ4v) is 3.02. The highest BCUT2D eigenvalue weighted by atomic mass is 32.2. The molecule has 0 aliphatic heterocycles. The molecule has 0 aromatic heterocycles. The molecule has 2 rings (SSSR count). The van der Waals surface area contributed by atoms with Gasteiger partial charge < -0.3 is 5.11 Å². The van der Waals surface area contributed by atoms with Crippen LogP contribution in [0.2, 0.25) is 0 Å². The number of carbonyl (C=O) groups excluding carboxylic acids is 1. The molecule has 112 valence electrons. The van der Waals surface area contributed by atoms with Gasteiger partial charge in [-0.2, -0.15) is 0 Å². The third-order valence-electron chi connectivity index (χ3n) is 3.07. The van der Waals surface area contributed by atoms with Gasteiger partial charge in [0.1, 0.15) is 5.94 Å². The summed E-state index contributed by atoms with van der Waals surface area (Å²) in [5, 5.41) is 9.07. The van der Waals surface area contributed by atoms with E-state index in [1.54, 1.807) is 11.8 Å². The molecule has 0 aliphatic carbocycles. The van der Waals surface area contributed by atoms with Gasteiger partial charge in [0.25, 0.3) is 0 Å². The first-order chi connectivity index (χ1) is 10.8. The summed E-state index contributed by atoms with van der Waals surface area (Å²) in [6, 6.07) is 19.5. The molecule has 2 aromatic carbocycles. The summed E-state index contributed by atoms with van der Waals surface area (Å²) in [5.41, 5.74) is 1.39. The third kappa shape index (κ3) is 5.05. The number of hydrogen-bond donors (Lipinski definition) is 1. The summed E-state index contributed by atoms with van der Waals surface area (Å²) in [7, 11) is 0. The zero-order valence-corrected chi connectivity index (χ0v) is 13.1. The molecular formula is C19H18O2S. The Kier molecular flexibility index (Phi) is 6.72. The normalized spacial score (nSPS) is 11.0. The quantitative estimate of drug-likeness (QED) is 0.469. The first kappa shape index (κ1) is 16.3. The molecular weight excluding hydrogens is 292 g/mol. The standard InChI is InChI=1S/C19H18O2S/c20-13-7-12-19(22-18-10-5-2-6-11-18)14-17(15-21)16-8-3-1-4-9-16/h1-6,8-11,14,20H,7,12-13H2/b19-14-. The van der Waals surface area contributed by atoms with Crippen molar-refractivity contribution < 1.29 is 9.90 Å². The largest absolute Gasteiger partial charge is 0.396 e. The van der Waals surface area contributed by atoms with Gasteiger partial charge in [0.15, 0.2) is 0 Å². The maximum absolute atomic E-state index is 11.3. The van der Waals surface area contributed by atoms with E-state index in [0.717, 1.165) is 21.8 Å². The van der Waals surface area contributed by atoms with Crippen molar-refractivity contribution in [3.8, 4) is 0 Å². The van der Waals surface area contributed by atoms with E-state index in [1.807, 2.05) is 72.7 Å². The molecule has 0 radical (unpaired) electrons. The highest BCUT2D eigenvalue weighted by molar-refractivity contribution is 8.03. The molecule has 0 atom stereocenters. The second-order valence-electron chi connectivity index (χ2n) is 4.73. The number of rotatable bonds is 7. The molecule has 2 nitrogen and oxygen atoms in total. The van der Waals surface area contributed by atoms with Crippen molar-refractivity contribution in [2.45, 2.75) is 17.7 Å². The predicted molar refractivity (Wildman–Crippen MR) is 92.2 cm³/mol. The van der Waals surface area contributed by atoms with Crippen LogP contribution in [-0.4, -0.2) is 17.7 Å². The highest BCUT2D eigenvalue weighted by Crippen LogP contribution is 2.31. The molecule has 0 heterocycles. The molecule has 0 fully saturated rings. The molecule has 2 aromatic rings. The average Bonchev–Trinajstić information content (AvgIpc) is 2.59. The SMILES string of the molecule is O=C=C(/C=C(/CCCO)Sc1ccccc1)c1ccccc1.